The van der Waals surface area contributed by atoms with Crippen LogP contribution < -0.4 is 15.1 Å². The third kappa shape index (κ3) is 1.83. The lowest BCUT2D eigenvalue weighted by Gasteiger charge is -2.06. The molecular formula is C18H14O5. The topological polar surface area (TPSA) is 61.8 Å². The van der Waals surface area contributed by atoms with Crippen LogP contribution in [0.1, 0.15) is 5.56 Å². The molecule has 0 atom stereocenters. The fourth-order valence-electron chi connectivity index (χ4n) is 2.93. The summed E-state index contributed by atoms with van der Waals surface area (Å²) in [5.74, 6) is 1.08. The molecular weight excluding hydrogens is 296 g/mol. The monoisotopic (exact) mass is 310 g/mol. The van der Waals surface area contributed by atoms with E-state index >= 15 is 0 Å². The maximum absolute atomic E-state index is 12.5. The molecule has 0 bridgehead atoms. The maximum Gasteiger partial charge on any atom is 0.348 e. The quantitative estimate of drug-likeness (QED) is 0.523. The number of ether oxygens (including phenoxy) is 2. The summed E-state index contributed by atoms with van der Waals surface area (Å²) in [5.41, 5.74) is 2.08. The van der Waals surface area contributed by atoms with Crippen molar-refractivity contribution in [1.29, 1.82) is 0 Å². The molecule has 2 aromatic carbocycles. The van der Waals surface area contributed by atoms with E-state index in [1.165, 1.54) is 0 Å². The number of furan rings is 1. The molecule has 0 saturated carbocycles. The third-order valence-corrected chi connectivity index (χ3v) is 4.05. The predicted octanol–water partition coefficient (Wildman–Crippen LogP) is 4.02. The third-order valence-electron chi connectivity index (χ3n) is 4.05. The first kappa shape index (κ1) is 13.7. The van der Waals surface area contributed by atoms with Crippen LogP contribution in [0.4, 0.5) is 0 Å². The minimum Gasteiger partial charge on any atom is -0.493 e. The smallest absolute Gasteiger partial charge is 0.348 e. The fourth-order valence-corrected chi connectivity index (χ4v) is 2.93. The highest BCUT2D eigenvalue weighted by Crippen LogP contribution is 2.38. The Bertz CT molecular complexity index is 1120. The van der Waals surface area contributed by atoms with Gasteiger partial charge in [-0.2, -0.15) is 0 Å². The average molecular weight is 310 g/mol. The minimum atomic E-state index is -0.423. The van der Waals surface area contributed by atoms with Crippen molar-refractivity contribution in [2.45, 2.75) is 6.92 Å². The molecule has 4 aromatic rings. The first-order valence-electron chi connectivity index (χ1n) is 7.14. The molecule has 0 aliphatic heterocycles. The minimum absolute atomic E-state index is 0.416. The van der Waals surface area contributed by atoms with Gasteiger partial charge in [0.05, 0.1) is 19.6 Å². The molecule has 116 valence electrons. The summed E-state index contributed by atoms with van der Waals surface area (Å²) in [5, 5.41) is 1.84. The maximum atomic E-state index is 12.5. The van der Waals surface area contributed by atoms with Gasteiger partial charge in [0.2, 0.25) is 0 Å². The van der Waals surface area contributed by atoms with Crippen LogP contribution in [0.5, 0.6) is 11.5 Å². The molecule has 0 N–H and O–H groups in total. The molecule has 0 fully saturated rings. The van der Waals surface area contributed by atoms with Crippen molar-refractivity contribution in [3.63, 3.8) is 0 Å². The standard InChI is InChI=1S/C18H14O5/c1-9-5-4-6-10-16(9)23-18(19)15-11-7-13(20-2)14(21-3)8-12(11)22-17(10)15/h4-8H,1-3H3. The fraction of sp³-hybridized carbons (Fsp3) is 0.167. The van der Waals surface area contributed by atoms with Gasteiger partial charge < -0.3 is 18.3 Å². The highest BCUT2D eigenvalue weighted by Gasteiger charge is 2.19. The Labute approximate surface area is 131 Å². The highest BCUT2D eigenvalue weighted by molar-refractivity contribution is 6.13. The number of para-hydroxylation sites is 1. The lowest BCUT2D eigenvalue weighted by molar-refractivity contribution is 0.355. The average Bonchev–Trinajstić information content (AvgIpc) is 2.93. The van der Waals surface area contributed by atoms with Crippen molar-refractivity contribution in [2.24, 2.45) is 0 Å². The number of fused-ring (bicyclic) bond motifs is 5. The molecule has 4 rings (SSSR count). The summed E-state index contributed by atoms with van der Waals surface area (Å²) in [7, 11) is 3.10. The van der Waals surface area contributed by atoms with Gasteiger partial charge in [-0.1, -0.05) is 12.1 Å². The van der Waals surface area contributed by atoms with E-state index in [0.29, 0.717) is 39.0 Å². The van der Waals surface area contributed by atoms with E-state index < -0.39 is 5.63 Å². The first-order chi connectivity index (χ1) is 11.1. The number of rotatable bonds is 2. The van der Waals surface area contributed by atoms with Crippen molar-refractivity contribution in [3.8, 4) is 11.5 Å². The Balaban J connectivity index is 2.25. The van der Waals surface area contributed by atoms with Gasteiger partial charge >= 0.3 is 5.63 Å². The van der Waals surface area contributed by atoms with E-state index in [0.717, 1.165) is 10.9 Å². The molecule has 0 radical (unpaired) electrons. The van der Waals surface area contributed by atoms with Crippen LogP contribution in [0.3, 0.4) is 0 Å². The molecule has 0 saturated heterocycles. The highest BCUT2D eigenvalue weighted by atomic mass is 16.5. The Hall–Kier alpha value is -2.95. The van der Waals surface area contributed by atoms with Crippen molar-refractivity contribution in [3.05, 3.63) is 46.3 Å². The van der Waals surface area contributed by atoms with E-state index in [-0.39, 0.29) is 0 Å². The van der Waals surface area contributed by atoms with Crippen LogP contribution in [-0.4, -0.2) is 14.2 Å². The molecule has 0 aliphatic carbocycles. The number of benzene rings is 2. The van der Waals surface area contributed by atoms with Crippen LogP contribution in [0, 0.1) is 6.92 Å². The summed E-state index contributed by atoms with van der Waals surface area (Å²) in [6.45, 7) is 1.89. The van der Waals surface area contributed by atoms with Crippen LogP contribution in [0.2, 0.25) is 0 Å². The van der Waals surface area contributed by atoms with Gasteiger partial charge in [-0.15, -0.1) is 0 Å². The second-order valence-corrected chi connectivity index (χ2v) is 5.35. The summed E-state index contributed by atoms with van der Waals surface area (Å²) < 4.78 is 22.1. The first-order valence-corrected chi connectivity index (χ1v) is 7.14. The molecule has 2 aromatic heterocycles. The molecule has 5 nitrogen and oxygen atoms in total. The Morgan fingerprint density at radius 1 is 0.913 bits per heavy atom. The number of hydrogen-bond donors (Lipinski definition) is 0. The van der Waals surface area contributed by atoms with Crippen LogP contribution >= 0.6 is 0 Å². The molecule has 5 heteroatoms. The largest absolute Gasteiger partial charge is 0.493 e. The SMILES string of the molecule is COc1cc2oc3c4cccc(C)c4oc(=O)c3c2cc1OC. The second kappa shape index (κ2) is 4.78. The molecule has 0 aliphatic rings. The Kier molecular flexibility index (Phi) is 2.84. The zero-order valence-corrected chi connectivity index (χ0v) is 12.9. The van der Waals surface area contributed by atoms with Crippen LogP contribution in [0.25, 0.3) is 32.9 Å². The van der Waals surface area contributed by atoms with Gasteiger partial charge in [-0.25, -0.2) is 4.79 Å². The second-order valence-electron chi connectivity index (χ2n) is 5.35. The van der Waals surface area contributed by atoms with Crippen molar-refractivity contribution in [2.75, 3.05) is 14.2 Å². The van der Waals surface area contributed by atoms with E-state index in [1.807, 2.05) is 25.1 Å². The van der Waals surface area contributed by atoms with Crippen molar-refractivity contribution in [1.82, 2.24) is 0 Å². The van der Waals surface area contributed by atoms with E-state index in [4.69, 9.17) is 18.3 Å². The normalized spacial score (nSPS) is 11.4. The molecule has 23 heavy (non-hydrogen) atoms. The zero-order chi connectivity index (χ0) is 16.1. The number of methoxy groups -OCH3 is 2. The van der Waals surface area contributed by atoms with Crippen molar-refractivity contribution >= 4 is 32.9 Å². The van der Waals surface area contributed by atoms with Gasteiger partial charge in [-0.05, 0) is 24.6 Å². The van der Waals surface area contributed by atoms with E-state index in [1.54, 1.807) is 26.4 Å². The molecule has 0 spiro atoms. The summed E-state index contributed by atoms with van der Waals surface area (Å²) in [4.78, 5) is 12.5. The summed E-state index contributed by atoms with van der Waals surface area (Å²) in [6.07, 6.45) is 0. The van der Waals surface area contributed by atoms with Gasteiger partial charge in [0.25, 0.3) is 0 Å². The zero-order valence-electron chi connectivity index (χ0n) is 12.9. The van der Waals surface area contributed by atoms with E-state index in [9.17, 15) is 4.79 Å². The van der Waals surface area contributed by atoms with Gasteiger partial charge in [-0.3, -0.25) is 0 Å². The van der Waals surface area contributed by atoms with Gasteiger partial charge in [0.1, 0.15) is 16.6 Å². The lowest BCUT2D eigenvalue weighted by atomic mass is 10.1. The number of aryl methyl sites for hydroxylation is 1. The van der Waals surface area contributed by atoms with Gasteiger partial charge in [0, 0.05) is 11.5 Å². The Morgan fingerprint density at radius 2 is 1.65 bits per heavy atom. The molecule has 2 heterocycles. The van der Waals surface area contributed by atoms with Crippen LogP contribution in [0.15, 0.2) is 44.0 Å². The number of hydrogen-bond acceptors (Lipinski definition) is 5. The van der Waals surface area contributed by atoms with Crippen LogP contribution in [-0.2, 0) is 0 Å². The Morgan fingerprint density at radius 3 is 2.39 bits per heavy atom. The van der Waals surface area contributed by atoms with E-state index in [2.05, 4.69) is 0 Å². The molecule has 0 unspecified atom stereocenters. The summed E-state index contributed by atoms with van der Waals surface area (Å²) in [6, 6.07) is 9.13. The van der Waals surface area contributed by atoms with Crippen molar-refractivity contribution < 1.29 is 18.3 Å². The lowest BCUT2D eigenvalue weighted by Crippen LogP contribution is -1.99. The van der Waals surface area contributed by atoms with Gasteiger partial charge in [0.15, 0.2) is 17.1 Å². The summed E-state index contributed by atoms with van der Waals surface area (Å²) >= 11 is 0. The predicted molar refractivity (Wildman–Crippen MR) is 87.6 cm³/mol. The molecule has 0 amide bonds.